The summed E-state index contributed by atoms with van der Waals surface area (Å²) in [5.41, 5.74) is 3.07. The number of carboxylic acids is 1. The summed E-state index contributed by atoms with van der Waals surface area (Å²) in [5, 5.41) is 14.1. The fraction of sp³-hybridized carbons (Fsp3) is 0.280. The molecule has 2 atom stereocenters. The molecule has 0 amide bonds. The largest absolute Gasteiger partial charge is 0.481 e. The first-order chi connectivity index (χ1) is 16.1. The first kappa shape index (κ1) is 23.4. The second-order valence-electron chi connectivity index (χ2n) is 8.29. The van der Waals surface area contributed by atoms with Crippen molar-refractivity contribution in [3.8, 4) is 11.4 Å². The molecule has 1 aliphatic heterocycles. The number of alkyl halides is 3. The second-order valence-corrected chi connectivity index (χ2v) is 8.29. The number of anilines is 1. The van der Waals surface area contributed by atoms with Crippen LogP contribution in [0.3, 0.4) is 0 Å². The summed E-state index contributed by atoms with van der Waals surface area (Å²) in [6, 6.07) is 15.7. The monoisotopic (exact) mass is 468 g/mol. The van der Waals surface area contributed by atoms with Crippen LogP contribution in [0.15, 0.2) is 65.9 Å². The van der Waals surface area contributed by atoms with Crippen molar-refractivity contribution in [3.63, 3.8) is 0 Å². The summed E-state index contributed by atoms with van der Waals surface area (Å²) in [5.74, 6) is -1.59. The SMILES string of the molecule is Cc1nc(-c2ccccc2)ncc1Cc1ccc(N2N=C(C(F)(F)F)C(C)C2CC(=O)O)cc1. The maximum Gasteiger partial charge on any atom is 0.431 e. The molecule has 3 aromatic rings. The van der Waals surface area contributed by atoms with Crippen molar-refractivity contribution in [2.75, 3.05) is 5.01 Å². The number of aromatic nitrogens is 2. The van der Waals surface area contributed by atoms with Crippen LogP contribution >= 0.6 is 0 Å². The lowest BCUT2D eigenvalue weighted by molar-refractivity contribution is -0.137. The molecule has 2 aromatic carbocycles. The van der Waals surface area contributed by atoms with Gasteiger partial charge in [0.25, 0.3) is 0 Å². The zero-order chi connectivity index (χ0) is 24.5. The molecule has 0 radical (unpaired) electrons. The van der Waals surface area contributed by atoms with Crippen LogP contribution in [0.4, 0.5) is 18.9 Å². The van der Waals surface area contributed by atoms with Gasteiger partial charge in [0.15, 0.2) is 5.82 Å². The van der Waals surface area contributed by atoms with Crippen LogP contribution in [0.1, 0.15) is 30.2 Å². The van der Waals surface area contributed by atoms with Gasteiger partial charge in [-0.15, -0.1) is 0 Å². The molecule has 0 spiro atoms. The van der Waals surface area contributed by atoms with Crippen molar-refractivity contribution in [3.05, 3.63) is 77.6 Å². The van der Waals surface area contributed by atoms with E-state index in [4.69, 9.17) is 0 Å². The predicted molar refractivity (Wildman–Crippen MR) is 123 cm³/mol. The van der Waals surface area contributed by atoms with Crippen LogP contribution in [0, 0.1) is 12.8 Å². The molecule has 0 saturated carbocycles. The fourth-order valence-electron chi connectivity index (χ4n) is 4.06. The molecule has 176 valence electrons. The van der Waals surface area contributed by atoms with E-state index in [1.807, 2.05) is 37.3 Å². The summed E-state index contributed by atoms with van der Waals surface area (Å²) in [6.07, 6.45) is -2.73. The highest BCUT2D eigenvalue weighted by atomic mass is 19.4. The Balaban J connectivity index is 1.54. The molecule has 9 heteroatoms. The summed E-state index contributed by atoms with van der Waals surface area (Å²) in [6.45, 7) is 3.27. The molecule has 1 aromatic heterocycles. The van der Waals surface area contributed by atoms with E-state index in [1.54, 1.807) is 30.5 Å². The highest BCUT2D eigenvalue weighted by molar-refractivity contribution is 5.95. The Morgan fingerprint density at radius 2 is 1.76 bits per heavy atom. The minimum atomic E-state index is -4.62. The van der Waals surface area contributed by atoms with Crippen molar-refractivity contribution in [2.45, 2.75) is 38.9 Å². The van der Waals surface area contributed by atoms with Crippen molar-refractivity contribution in [2.24, 2.45) is 11.0 Å². The van der Waals surface area contributed by atoms with Gasteiger partial charge in [0.2, 0.25) is 0 Å². The lowest BCUT2D eigenvalue weighted by Crippen LogP contribution is -2.36. The lowest BCUT2D eigenvalue weighted by Gasteiger charge is -2.25. The summed E-state index contributed by atoms with van der Waals surface area (Å²) >= 11 is 0. The number of hydrazone groups is 1. The van der Waals surface area contributed by atoms with Crippen LogP contribution in [0.5, 0.6) is 0 Å². The molecular weight excluding hydrogens is 445 g/mol. The molecule has 0 aliphatic carbocycles. The van der Waals surface area contributed by atoms with Crippen molar-refractivity contribution in [1.82, 2.24) is 9.97 Å². The molecule has 1 aliphatic rings. The first-order valence-corrected chi connectivity index (χ1v) is 10.8. The number of aryl methyl sites for hydroxylation is 1. The maximum atomic E-state index is 13.4. The van der Waals surface area contributed by atoms with Crippen LogP contribution in [-0.4, -0.2) is 39.0 Å². The summed E-state index contributed by atoms with van der Waals surface area (Å²) < 4.78 is 40.1. The second kappa shape index (κ2) is 9.24. The Hall–Kier alpha value is -3.75. The third-order valence-corrected chi connectivity index (χ3v) is 5.92. The maximum absolute atomic E-state index is 13.4. The van der Waals surface area contributed by atoms with Gasteiger partial charge in [-0.2, -0.15) is 18.3 Å². The Bertz CT molecular complexity index is 1210. The van der Waals surface area contributed by atoms with Gasteiger partial charge in [-0.1, -0.05) is 49.4 Å². The normalized spacial score (nSPS) is 18.1. The highest BCUT2D eigenvalue weighted by Crippen LogP contribution is 2.36. The van der Waals surface area contributed by atoms with Gasteiger partial charge >= 0.3 is 12.1 Å². The molecular formula is C25H23F3N4O2. The van der Waals surface area contributed by atoms with Gasteiger partial charge in [-0.05, 0) is 30.2 Å². The van der Waals surface area contributed by atoms with E-state index < -0.39 is 36.2 Å². The van der Waals surface area contributed by atoms with E-state index >= 15 is 0 Å². The smallest absolute Gasteiger partial charge is 0.431 e. The topological polar surface area (TPSA) is 78.7 Å². The zero-order valence-electron chi connectivity index (χ0n) is 18.6. The summed E-state index contributed by atoms with van der Waals surface area (Å²) in [7, 11) is 0. The van der Waals surface area contributed by atoms with Crippen LogP contribution in [0.25, 0.3) is 11.4 Å². The molecule has 4 rings (SSSR count). The van der Waals surface area contributed by atoms with Crippen LogP contribution in [0.2, 0.25) is 0 Å². The van der Waals surface area contributed by atoms with Crippen molar-refractivity contribution < 1.29 is 23.1 Å². The third-order valence-electron chi connectivity index (χ3n) is 5.92. The predicted octanol–water partition coefficient (Wildman–Crippen LogP) is 5.26. The van der Waals surface area contributed by atoms with Gasteiger partial charge in [0, 0.05) is 29.8 Å². The number of carbonyl (C=O) groups is 1. The van der Waals surface area contributed by atoms with Crippen LogP contribution < -0.4 is 5.01 Å². The fourth-order valence-corrected chi connectivity index (χ4v) is 4.06. The Morgan fingerprint density at radius 1 is 1.09 bits per heavy atom. The standard InChI is InChI=1S/C25H23F3N4O2/c1-15-21(13-22(33)34)32(31-23(15)25(26,27)28)20-10-8-17(9-11-20)12-19-14-29-24(30-16(19)2)18-6-4-3-5-7-18/h3-11,14-15,21H,12-13H2,1-2H3,(H,33,34). The van der Waals surface area contributed by atoms with E-state index in [-0.39, 0.29) is 0 Å². The highest BCUT2D eigenvalue weighted by Gasteiger charge is 2.48. The van der Waals surface area contributed by atoms with E-state index in [1.165, 1.54) is 11.9 Å². The van der Waals surface area contributed by atoms with Crippen LogP contribution in [-0.2, 0) is 11.2 Å². The molecule has 0 bridgehead atoms. The van der Waals surface area contributed by atoms with E-state index in [2.05, 4.69) is 15.1 Å². The van der Waals surface area contributed by atoms with E-state index in [9.17, 15) is 23.1 Å². The number of rotatable bonds is 6. The number of carboxylic acid groups (broad SMARTS) is 1. The van der Waals surface area contributed by atoms with Gasteiger partial charge in [-0.3, -0.25) is 9.80 Å². The molecule has 1 N–H and O–H groups in total. The van der Waals surface area contributed by atoms with Crippen molar-refractivity contribution in [1.29, 1.82) is 0 Å². The molecule has 34 heavy (non-hydrogen) atoms. The minimum absolute atomic E-state index is 0.411. The van der Waals surface area contributed by atoms with Gasteiger partial charge in [-0.25, -0.2) is 9.97 Å². The third kappa shape index (κ3) is 4.93. The Kier molecular flexibility index (Phi) is 6.37. The Morgan fingerprint density at radius 3 is 2.35 bits per heavy atom. The average Bonchev–Trinajstić information content (AvgIpc) is 3.12. The molecule has 2 unspecified atom stereocenters. The summed E-state index contributed by atoms with van der Waals surface area (Å²) in [4.78, 5) is 20.3. The zero-order valence-corrected chi connectivity index (χ0v) is 18.6. The van der Waals surface area contributed by atoms with E-state index in [0.717, 1.165) is 22.4 Å². The molecule has 0 fully saturated rings. The quantitative estimate of drug-likeness (QED) is 0.534. The number of hydrogen-bond acceptors (Lipinski definition) is 5. The minimum Gasteiger partial charge on any atom is -0.481 e. The molecule has 0 saturated heterocycles. The number of benzene rings is 2. The molecule has 6 nitrogen and oxygen atoms in total. The lowest BCUT2D eigenvalue weighted by atomic mass is 9.94. The van der Waals surface area contributed by atoms with Gasteiger partial charge < -0.3 is 5.11 Å². The van der Waals surface area contributed by atoms with Gasteiger partial charge in [0.05, 0.1) is 18.2 Å². The Labute approximate surface area is 194 Å². The van der Waals surface area contributed by atoms with Crippen molar-refractivity contribution >= 4 is 17.4 Å². The number of hydrogen-bond donors (Lipinski definition) is 1. The first-order valence-electron chi connectivity index (χ1n) is 10.8. The average molecular weight is 468 g/mol. The number of aliphatic carboxylic acids is 1. The molecule has 2 heterocycles. The van der Waals surface area contributed by atoms with Gasteiger partial charge in [0.1, 0.15) is 5.71 Å². The number of nitrogens with zero attached hydrogens (tertiary/aromatic N) is 4. The van der Waals surface area contributed by atoms with E-state index in [0.29, 0.717) is 17.9 Å². The number of halogens is 3.